The normalized spacial score (nSPS) is 19.0. The van der Waals surface area contributed by atoms with Crippen molar-refractivity contribution < 1.29 is 4.79 Å². The van der Waals surface area contributed by atoms with Gasteiger partial charge in [-0.3, -0.25) is 4.98 Å². The topological polar surface area (TPSA) is 45.2 Å². The number of piperidine rings is 1. The predicted molar refractivity (Wildman–Crippen MR) is 102 cm³/mol. The summed E-state index contributed by atoms with van der Waals surface area (Å²) in [6.45, 7) is 5.86. The van der Waals surface area contributed by atoms with Gasteiger partial charge in [-0.2, -0.15) is 0 Å². The minimum Gasteiger partial charge on any atom is -0.324 e. The Balaban J connectivity index is 1.63. The largest absolute Gasteiger partial charge is 0.324 e. The number of carbonyl (C=O) groups excluding carboxylic acids is 1. The Morgan fingerprint density at radius 2 is 2.24 bits per heavy atom. The number of nitrogens with one attached hydrogen (secondary N) is 1. The lowest BCUT2D eigenvalue weighted by molar-refractivity contribution is 0.198. The molecule has 0 aliphatic carbocycles. The Bertz CT molecular complexity index is 755. The van der Waals surface area contributed by atoms with Gasteiger partial charge in [0, 0.05) is 19.3 Å². The molecule has 1 atom stereocenters. The highest BCUT2D eigenvalue weighted by molar-refractivity contribution is 5.89. The fourth-order valence-corrected chi connectivity index (χ4v) is 3.20. The Morgan fingerprint density at radius 3 is 2.96 bits per heavy atom. The van der Waals surface area contributed by atoms with Crippen molar-refractivity contribution in [3.05, 3.63) is 65.5 Å². The molecule has 130 valence electrons. The van der Waals surface area contributed by atoms with Crippen LogP contribution >= 0.6 is 0 Å². The highest BCUT2D eigenvalue weighted by atomic mass is 16.2. The Hall–Kier alpha value is -2.62. The number of hydrogen-bond donors (Lipinski definition) is 1. The third-order valence-electron chi connectivity index (χ3n) is 4.71. The van der Waals surface area contributed by atoms with Gasteiger partial charge in [-0.25, -0.2) is 4.79 Å². The number of urea groups is 1. The Labute approximate surface area is 149 Å². The van der Waals surface area contributed by atoms with Crippen LogP contribution in [0.25, 0.3) is 6.08 Å². The smallest absolute Gasteiger partial charge is 0.321 e. The molecule has 2 amide bonds. The zero-order valence-corrected chi connectivity index (χ0v) is 14.9. The van der Waals surface area contributed by atoms with E-state index >= 15 is 0 Å². The number of pyridine rings is 1. The van der Waals surface area contributed by atoms with Crippen LogP contribution in [0.15, 0.2) is 54.4 Å². The van der Waals surface area contributed by atoms with Gasteiger partial charge < -0.3 is 10.2 Å². The molecule has 2 heterocycles. The van der Waals surface area contributed by atoms with Gasteiger partial charge in [0.15, 0.2) is 0 Å². The second-order valence-electron chi connectivity index (χ2n) is 6.59. The number of benzene rings is 1. The second-order valence-corrected chi connectivity index (χ2v) is 6.59. The number of nitrogens with zero attached hydrogens (tertiary/aromatic N) is 2. The number of hydrogen-bond acceptors (Lipinski definition) is 2. The zero-order chi connectivity index (χ0) is 17.6. The summed E-state index contributed by atoms with van der Waals surface area (Å²) in [6, 6.07) is 12.3. The molecular formula is C21H25N3O. The van der Waals surface area contributed by atoms with Gasteiger partial charge >= 0.3 is 6.03 Å². The number of carbonyl (C=O) groups is 1. The Morgan fingerprint density at radius 1 is 1.36 bits per heavy atom. The first-order valence-electron chi connectivity index (χ1n) is 8.91. The number of aromatic nitrogens is 1. The summed E-state index contributed by atoms with van der Waals surface area (Å²) >= 11 is 0. The van der Waals surface area contributed by atoms with Crippen LogP contribution in [0.1, 0.15) is 31.4 Å². The van der Waals surface area contributed by atoms with Crippen LogP contribution in [0.4, 0.5) is 10.5 Å². The van der Waals surface area contributed by atoms with Crippen molar-refractivity contribution in [3.63, 3.8) is 0 Å². The monoisotopic (exact) mass is 335 g/mol. The molecular weight excluding hydrogens is 310 g/mol. The van der Waals surface area contributed by atoms with Crippen LogP contribution in [-0.4, -0.2) is 29.0 Å². The number of rotatable bonds is 3. The quantitative estimate of drug-likeness (QED) is 0.891. The summed E-state index contributed by atoms with van der Waals surface area (Å²) in [4.78, 5) is 18.3. The molecule has 0 bridgehead atoms. The van der Waals surface area contributed by atoms with Gasteiger partial charge in [-0.05, 0) is 42.0 Å². The molecule has 1 aliphatic heterocycles. The van der Waals surface area contributed by atoms with Crippen LogP contribution in [-0.2, 0) is 6.42 Å². The summed E-state index contributed by atoms with van der Waals surface area (Å²) in [6.07, 6.45) is 7.62. The third-order valence-corrected chi connectivity index (χ3v) is 4.71. The van der Waals surface area contributed by atoms with Crippen molar-refractivity contribution in [3.8, 4) is 0 Å². The lowest BCUT2D eigenvalue weighted by Crippen LogP contribution is -2.42. The van der Waals surface area contributed by atoms with Gasteiger partial charge in [-0.15, -0.1) is 0 Å². The number of aryl methyl sites for hydroxylation is 1. The first-order chi connectivity index (χ1) is 12.2. The minimum atomic E-state index is -0.0492. The molecule has 0 saturated carbocycles. The van der Waals surface area contributed by atoms with Crippen molar-refractivity contribution in [1.29, 1.82) is 0 Å². The summed E-state index contributed by atoms with van der Waals surface area (Å²) in [5.74, 6) is 0.360. The van der Waals surface area contributed by atoms with E-state index < -0.39 is 0 Å². The number of anilines is 1. The summed E-state index contributed by atoms with van der Waals surface area (Å²) in [5.41, 5.74) is 4.77. The lowest BCUT2D eigenvalue weighted by atomic mass is 9.91. The summed E-state index contributed by atoms with van der Waals surface area (Å²) < 4.78 is 0. The molecule has 4 nitrogen and oxygen atoms in total. The minimum absolute atomic E-state index is 0.0492. The highest BCUT2D eigenvalue weighted by Gasteiger charge is 2.24. The standard InChI is InChI=1S/C21H25N3O/c1-3-17-6-4-7-18(12-17)13-19-9-11-24(15-16(19)2)21(25)23-20-8-5-10-22-14-20/h4-8,10,12-14,16H,3,9,11,15H2,1-2H3,(H,23,25)/b19-13+. The zero-order valence-electron chi connectivity index (χ0n) is 14.9. The van der Waals surface area contributed by atoms with Crippen molar-refractivity contribution in [2.75, 3.05) is 18.4 Å². The Kier molecular flexibility index (Phi) is 5.49. The number of likely N-dealkylation sites (tertiary alicyclic amines) is 1. The lowest BCUT2D eigenvalue weighted by Gasteiger charge is -2.33. The van der Waals surface area contributed by atoms with E-state index in [0.29, 0.717) is 5.92 Å². The van der Waals surface area contributed by atoms with Crippen LogP contribution < -0.4 is 5.32 Å². The van der Waals surface area contributed by atoms with Gasteiger partial charge in [0.25, 0.3) is 0 Å². The molecule has 1 aromatic heterocycles. The SMILES string of the molecule is CCc1cccc(/C=C2\CCN(C(=O)Nc3cccnc3)CC2C)c1. The van der Waals surface area contributed by atoms with Crippen LogP contribution in [0.3, 0.4) is 0 Å². The summed E-state index contributed by atoms with van der Waals surface area (Å²) in [5, 5.41) is 2.92. The molecule has 0 spiro atoms. The third kappa shape index (κ3) is 4.47. The molecule has 3 rings (SSSR count). The predicted octanol–water partition coefficient (Wildman–Crippen LogP) is 4.60. The van der Waals surface area contributed by atoms with E-state index in [1.165, 1.54) is 16.7 Å². The van der Waals surface area contributed by atoms with E-state index in [1.807, 2.05) is 17.0 Å². The highest BCUT2D eigenvalue weighted by Crippen LogP contribution is 2.25. The molecule has 1 aliphatic rings. The molecule has 2 aromatic rings. The first-order valence-corrected chi connectivity index (χ1v) is 8.91. The van der Waals surface area contributed by atoms with E-state index in [0.717, 1.165) is 31.6 Å². The van der Waals surface area contributed by atoms with E-state index in [2.05, 4.69) is 54.5 Å². The van der Waals surface area contributed by atoms with Crippen molar-refractivity contribution in [2.45, 2.75) is 26.7 Å². The van der Waals surface area contributed by atoms with E-state index in [4.69, 9.17) is 0 Å². The maximum atomic E-state index is 12.4. The molecule has 1 N–H and O–H groups in total. The summed E-state index contributed by atoms with van der Waals surface area (Å²) in [7, 11) is 0. The molecule has 1 saturated heterocycles. The van der Waals surface area contributed by atoms with Gasteiger partial charge in [-0.1, -0.05) is 49.8 Å². The van der Waals surface area contributed by atoms with Crippen molar-refractivity contribution in [1.82, 2.24) is 9.88 Å². The van der Waals surface area contributed by atoms with E-state index in [-0.39, 0.29) is 6.03 Å². The maximum Gasteiger partial charge on any atom is 0.321 e. The molecule has 1 fully saturated rings. The average molecular weight is 335 g/mol. The van der Waals surface area contributed by atoms with E-state index in [1.54, 1.807) is 12.4 Å². The number of amides is 2. The molecule has 1 aromatic carbocycles. The first kappa shape index (κ1) is 17.2. The fourth-order valence-electron chi connectivity index (χ4n) is 3.20. The second kappa shape index (κ2) is 7.97. The molecule has 25 heavy (non-hydrogen) atoms. The van der Waals surface area contributed by atoms with Crippen molar-refractivity contribution >= 4 is 17.8 Å². The van der Waals surface area contributed by atoms with Gasteiger partial charge in [0.05, 0.1) is 11.9 Å². The molecule has 1 unspecified atom stereocenters. The van der Waals surface area contributed by atoms with Crippen LogP contribution in [0.2, 0.25) is 0 Å². The van der Waals surface area contributed by atoms with E-state index in [9.17, 15) is 4.79 Å². The maximum absolute atomic E-state index is 12.4. The van der Waals surface area contributed by atoms with Crippen LogP contribution in [0.5, 0.6) is 0 Å². The van der Waals surface area contributed by atoms with Gasteiger partial charge in [0.2, 0.25) is 0 Å². The van der Waals surface area contributed by atoms with Crippen molar-refractivity contribution in [2.24, 2.45) is 5.92 Å². The molecule has 0 radical (unpaired) electrons. The van der Waals surface area contributed by atoms with Gasteiger partial charge in [0.1, 0.15) is 0 Å². The molecule has 4 heteroatoms. The fraction of sp³-hybridized carbons (Fsp3) is 0.333. The average Bonchev–Trinajstić information content (AvgIpc) is 2.64. The van der Waals surface area contributed by atoms with Crippen LogP contribution in [0, 0.1) is 5.92 Å².